The van der Waals surface area contributed by atoms with E-state index in [-0.39, 0.29) is 23.6 Å². The monoisotopic (exact) mass is 351 g/mol. The van der Waals surface area contributed by atoms with Gasteiger partial charge in [0.15, 0.2) is 5.69 Å². The van der Waals surface area contributed by atoms with Gasteiger partial charge in [-0.25, -0.2) is 4.68 Å². The average molecular weight is 351 g/mol. The molecule has 2 heterocycles. The summed E-state index contributed by atoms with van der Waals surface area (Å²) in [4.78, 5) is 27.6. The lowest BCUT2D eigenvalue weighted by molar-refractivity contribution is -0.145. The Morgan fingerprint density at radius 1 is 1.27 bits per heavy atom. The highest BCUT2D eigenvalue weighted by Gasteiger charge is 2.36. The second kappa shape index (κ2) is 6.21. The summed E-state index contributed by atoms with van der Waals surface area (Å²) in [6.45, 7) is 1.78. The van der Waals surface area contributed by atoms with Crippen LogP contribution < -0.4 is 5.32 Å². The van der Waals surface area contributed by atoms with Crippen LogP contribution in [-0.2, 0) is 4.79 Å². The van der Waals surface area contributed by atoms with Gasteiger partial charge in [-0.1, -0.05) is 11.3 Å². The molecule has 0 spiro atoms. The summed E-state index contributed by atoms with van der Waals surface area (Å²) >= 11 is 0. The topological polar surface area (TPSA) is 110 Å². The molecular weight excluding hydrogens is 334 g/mol. The Balaban J connectivity index is 1.54. The molecule has 0 bridgehead atoms. The van der Waals surface area contributed by atoms with Crippen molar-refractivity contribution in [3.05, 3.63) is 47.9 Å². The van der Waals surface area contributed by atoms with Crippen LogP contribution in [0.2, 0.25) is 0 Å². The van der Waals surface area contributed by atoms with Gasteiger partial charge in [-0.05, 0) is 44.0 Å². The van der Waals surface area contributed by atoms with Gasteiger partial charge in [0.1, 0.15) is 0 Å². The van der Waals surface area contributed by atoms with Gasteiger partial charge in [0.25, 0.3) is 5.91 Å². The summed E-state index contributed by atoms with van der Waals surface area (Å²) in [5, 5.41) is 20.8. The molecule has 8 heteroatoms. The molecule has 1 amide bonds. The molecule has 2 aromatic heterocycles. The van der Waals surface area contributed by atoms with Gasteiger partial charge in [-0.15, -0.1) is 5.10 Å². The molecule has 0 saturated heterocycles. The number of amides is 1. The molecule has 0 aliphatic heterocycles. The van der Waals surface area contributed by atoms with Crippen molar-refractivity contribution in [2.24, 2.45) is 5.92 Å². The zero-order valence-corrected chi connectivity index (χ0v) is 14.1. The number of aromatic nitrogens is 4. The summed E-state index contributed by atoms with van der Waals surface area (Å²) in [7, 11) is 0. The first kappa shape index (κ1) is 16.2. The number of hydrogen-bond donors (Lipinski definition) is 2. The maximum Gasteiger partial charge on any atom is 0.306 e. The smallest absolute Gasteiger partial charge is 0.306 e. The van der Waals surface area contributed by atoms with Crippen molar-refractivity contribution in [3.8, 4) is 5.69 Å². The largest absolute Gasteiger partial charge is 0.481 e. The van der Waals surface area contributed by atoms with E-state index in [1.807, 2.05) is 30.3 Å². The SMILES string of the molecule is Cc1c(C(=O)NC2CC(C(=O)O)C2)nnn1-c1ccc2ncccc2c1. The van der Waals surface area contributed by atoms with E-state index in [9.17, 15) is 9.59 Å². The van der Waals surface area contributed by atoms with Crippen molar-refractivity contribution in [2.75, 3.05) is 0 Å². The summed E-state index contributed by atoms with van der Waals surface area (Å²) in [6.07, 6.45) is 2.64. The van der Waals surface area contributed by atoms with Crippen molar-refractivity contribution in [2.45, 2.75) is 25.8 Å². The zero-order valence-electron chi connectivity index (χ0n) is 14.1. The van der Waals surface area contributed by atoms with Crippen LogP contribution in [0.3, 0.4) is 0 Å². The fraction of sp³-hybridized carbons (Fsp3) is 0.278. The fourth-order valence-electron chi connectivity index (χ4n) is 3.17. The van der Waals surface area contributed by atoms with Crippen molar-refractivity contribution in [1.29, 1.82) is 0 Å². The molecule has 0 atom stereocenters. The van der Waals surface area contributed by atoms with E-state index in [1.165, 1.54) is 0 Å². The number of fused-ring (bicyclic) bond motifs is 1. The van der Waals surface area contributed by atoms with Crippen molar-refractivity contribution < 1.29 is 14.7 Å². The predicted molar refractivity (Wildman–Crippen MR) is 93.0 cm³/mol. The van der Waals surface area contributed by atoms with Gasteiger partial charge < -0.3 is 10.4 Å². The Labute approximate surface area is 148 Å². The van der Waals surface area contributed by atoms with Gasteiger partial charge in [-0.3, -0.25) is 14.6 Å². The van der Waals surface area contributed by atoms with E-state index in [0.29, 0.717) is 18.5 Å². The van der Waals surface area contributed by atoms with Gasteiger partial charge >= 0.3 is 5.97 Å². The molecule has 0 unspecified atom stereocenters. The maximum absolute atomic E-state index is 12.4. The molecule has 8 nitrogen and oxygen atoms in total. The molecule has 26 heavy (non-hydrogen) atoms. The minimum atomic E-state index is -0.816. The number of carboxylic acids is 1. The quantitative estimate of drug-likeness (QED) is 0.740. The average Bonchev–Trinajstić information content (AvgIpc) is 2.98. The molecule has 1 aromatic carbocycles. The van der Waals surface area contributed by atoms with Crippen LogP contribution in [-0.4, -0.2) is 43.0 Å². The minimum Gasteiger partial charge on any atom is -0.481 e. The Kier molecular flexibility index (Phi) is 3.87. The van der Waals surface area contributed by atoms with E-state index >= 15 is 0 Å². The van der Waals surface area contributed by atoms with Crippen LogP contribution in [0.1, 0.15) is 29.0 Å². The number of nitrogens with zero attached hydrogens (tertiary/aromatic N) is 4. The van der Waals surface area contributed by atoms with Gasteiger partial charge in [-0.2, -0.15) is 0 Å². The Morgan fingerprint density at radius 3 is 2.85 bits per heavy atom. The van der Waals surface area contributed by atoms with Crippen LogP contribution >= 0.6 is 0 Å². The van der Waals surface area contributed by atoms with Crippen LogP contribution in [0.4, 0.5) is 0 Å². The first-order chi connectivity index (χ1) is 12.5. The molecule has 2 N–H and O–H groups in total. The zero-order chi connectivity index (χ0) is 18.3. The number of carboxylic acid groups (broad SMARTS) is 1. The normalized spacial score (nSPS) is 19.1. The predicted octanol–water partition coefficient (Wildman–Crippen LogP) is 1.72. The number of benzene rings is 1. The number of aliphatic carboxylic acids is 1. The van der Waals surface area contributed by atoms with E-state index in [0.717, 1.165) is 16.6 Å². The van der Waals surface area contributed by atoms with E-state index in [2.05, 4.69) is 20.6 Å². The van der Waals surface area contributed by atoms with Gasteiger partial charge in [0.2, 0.25) is 0 Å². The first-order valence-electron chi connectivity index (χ1n) is 8.34. The number of carbonyl (C=O) groups excluding carboxylic acids is 1. The van der Waals surface area contributed by atoms with Gasteiger partial charge in [0, 0.05) is 17.6 Å². The van der Waals surface area contributed by atoms with E-state index in [1.54, 1.807) is 17.8 Å². The summed E-state index contributed by atoms with van der Waals surface area (Å²) in [5.74, 6) is -1.52. The lowest BCUT2D eigenvalue weighted by Crippen LogP contribution is -2.46. The van der Waals surface area contributed by atoms with Crippen LogP contribution in [0.15, 0.2) is 36.5 Å². The molecular formula is C18H17N5O3. The van der Waals surface area contributed by atoms with E-state index < -0.39 is 5.97 Å². The number of pyridine rings is 1. The van der Waals surface area contributed by atoms with Gasteiger partial charge in [0.05, 0.1) is 22.8 Å². The molecule has 1 aliphatic carbocycles. The second-order valence-corrected chi connectivity index (χ2v) is 6.49. The molecule has 1 saturated carbocycles. The second-order valence-electron chi connectivity index (χ2n) is 6.49. The highest BCUT2D eigenvalue weighted by Crippen LogP contribution is 2.27. The highest BCUT2D eigenvalue weighted by molar-refractivity contribution is 5.93. The number of carbonyl (C=O) groups is 2. The third kappa shape index (κ3) is 2.79. The minimum absolute atomic E-state index is 0.125. The molecule has 3 aromatic rings. The molecule has 1 fully saturated rings. The molecule has 132 valence electrons. The number of nitrogens with one attached hydrogen (secondary N) is 1. The van der Waals surface area contributed by atoms with Crippen LogP contribution in [0, 0.1) is 12.8 Å². The third-order valence-corrected chi connectivity index (χ3v) is 4.76. The highest BCUT2D eigenvalue weighted by atomic mass is 16.4. The fourth-order valence-corrected chi connectivity index (χ4v) is 3.17. The van der Waals surface area contributed by atoms with Crippen LogP contribution in [0.25, 0.3) is 16.6 Å². The molecule has 0 radical (unpaired) electrons. The van der Waals surface area contributed by atoms with E-state index in [4.69, 9.17) is 5.11 Å². The lowest BCUT2D eigenvalue weighted by atomic mass is 9.80. The first-order valence-corrected chi connectivity index (χ1v) is 8.34. The Morgan fingerprint density at radius 2 is 2.08 bits per heavy atom. The van der Waals surface area contributed by atoms with Crippen molar-refractivity contribution in [1.82, 2.24) is 25.3 Å². The third-order valence-electron chi connectivity index (χ3n) is 4.76. The summed E-state index contributed by atoms with van der Waals surface area (Å²) in [5.41, 5.74) is 2.55. The van der Waals surface area contributed by atoms with Crippen molar-refractivity contribution in [3.63, 3.8) is 0 Å². The standard InChI is InChI=1S/C18H17N5O3/c1-10-16(17(24)20-13-7-12(8-13)18(25)26)21-22-23(10)14-4-5-15-11(9-14)3-2-6-19-15/h2-6,9,12-13H,7-8H2,1H3,(H,20,24)(H,25,26). The summed E-state index contributed by atoms with van der Waals surface area (Å²) in [6, 6.07) is 9.41. The number of rotatable bonds is 4. The Hall–Kier alpha value is -3.29. The lowest BCUT2D eigenvalue weighted by Gasteiger charge is -2.32. The van der Waals surface area contributed by atoms with Crippen molar-refractivity contribution >= 4 is 22.8 Å². The Bertz CT molecular complexity index is 1010. The maximum atomic E-state index is 12.4. The summed E-state index contributed by atoms with van der Waals surface area (Å²) < 4.78 is 1.61. The molecule has 1 aliphatic rings. The molecule has 4 rings (SSSR count). The van der Waals surface area contributed by atoms with Crippen LogP contribution in [0.5, 0.6) is 0 Å². The number of hydrogen-bond acceptors (Lipinski definition) is 5.